The van der Waals surface area contributed by atoms with Gasteiger partial charge in [-0.3, -0.25) is 0 Å². The number of hydrogen-bond donors (Lipinski definition) is 1. The molecule has 1 atom stereocenters. The number of nitrogens with one attached hydrogen (secondary N) is 1. The van der Waals surface area contributed by atoms with Crippen LogP contribution in [0.1, 0.15) is 20.3 Å². The minimum atomic E-state index is -0.0305. The molecule has 1 fully saturated rings. The maximum absolute atomic E-state index is 5.67. The van der Waals surface area contributed by atoms with Crippen LogP contribution in [0.4, 0.5) is 0 Å². The van der Waals surface area contributed by atoms with Crippen LogP contribution < -0.4 is 5.32 Å². The van der Waals surface area contributed by atoms with E-state index >= 15 is 0 Å². The highest BCUT2D eigenvalue weighted by Gasteiger charge is 2.18. The van der Waals surface area contributed by atoms with E-state index in [0.717, 1.165) is 39.2 Å². The lowest BCUT2D eigenvalue weighted by molar-refractivity contribution is -0.0200. The number of hydrogen-bond acceptors (Lipinski definition) is 4. The van der Waals surface area contributed by atoms with Gasteiger partial charge in [0.05, 0.1) is 18.3 Å². The van der Waals surface area contributed by atoms with Crippen LogP contribution in [0.25, 0.3) is 0 Å². The van der Waals surface area contributed by atoms with Crippen molar-refractivity contribution in [1.82, 2.24) is 10.2 Å². The molecule has 0 saturated carbocycles. The van der Waals surface area contributed by atoms with Crippen molar-refractivity contribution in [3.05, 3.63) is 0 Å². The van der Waals surface area contributed by atoms with Gasteiger partial charge < -0.3 is 19.7 Å². The van der Waals surface area contributed by atoms with E-state index in [9.17, 15) is 0 Å². The lowest BCUT2D eigenvalue weighted by atomic mass is 10.1. The Kier molecular flexibility index (Phi) is 5.69. The molecule has 1 aliphatic heterocycles. The molecule has 0 radical (unpaired) electrons. The van der Waals surface area contributed by atoms with Crippen molar-refractivity contribution in [1.29, 1.82) is 0 Å². The van der Waals surface area contributed by atoms with Gasteiger partial charge in [-0.2, -0.15) is 0 Å². The molecule has 16 heavy (non-hydrogen) atoms. The van der Waals surface area contributed by atoms with Gasteiger partial charge in [0.2, 0.25) is 0 Å². The quantitative estimate of drug-likeness (QED) is 0.682. The van der Waals surface area contributed by atoms with Crippen LogP contribution in [0.3, 0.4) is 0 Å². The zero-order valence-electron chi connectivity index (χ0n) is 11.1. The second kappa shape index (κ2) is 6.55. The van der Waals surface area contributed by atoms with Crippen molar-refractivity contribution in [3.8, 4) is 0 Å². The Morgan fingerprint density at radius 1 is 1.50 bits per heavy atom. The summed E-state index contributed by atoms with van der Waals surface area (Å²) in [7, 11) is 3.91. The van der Waals surface area contributed by atoms with Gasteiger partial charge in [0.15, 0.2) is 0 Å². The predicted octanol–water partition coefficient (Wildman–Crippen LogP) is 0.722. The standard InChI is InChI=1S/C12H26N2O2/c1-12(2,15-4)5-6-13-9-11-10-14(3)7-8-16-11/h11,13H,5-10H2,1-4H3. The van der Waals surface area contributed by atoms with Gasteiger partial charge in [-0.05, 0) is 33.9 Å². The third-order valence-electron chi connectivity index (χ3n) is 3.17. The molecular weight excluding hydrogens is 204 g/mol. The van der Waals surface area contributed by atoms with Crippen LogP contribution in [0.15, 0.2) is 0 Å². The summed E-state index contributed by atoms with van der Waals surface area (Å²) in [4.78, 5) is 2.31. The number of ether oxygens (including phenoxy) is 2. The number of likely N-dealkylation sites (N-methyl/N-ethyl adjacent to an activating group) is 1. The van der Waals surface area contributed by atoms with Crippen LogP contribution in [0, 0.1) is 0 Å². The number of rotatable bonds is 6. The van der Waals surface area contributed by atoms with Crippen LogP contribution >= 0.6 is 0 Å². The molecule has 96 valence electrons. The number of methoxy groups -OCH3 is 1. The summed E-state index contributed by atoms with van der Waals surface area (Å²) in [5, 5.41) is 3.43. The van der Waals surface area contributed by atoms with Gasteiger partial charge in [0.1, 0.15) is 0 Å². The Morgan fingerprint density at radius 3 is 2.88 bits per heavy atom. The molecule has 1 saturated heterocycles. The third-order valence-corrected chi connectivity index (χ3v) is 3.17. The molecule has 0 amide bonds. The number of morpholine rings is 1. The average molecular weight is 230 g/mol. The molecular formula is C12H26N2O2. The highest BCUT2D eigenvalue weighted by molar-refractivity contribution is 4.73. The average Bonchev–Trinajstić information content (AvgIpc) is 2.25. The highest BCUT2D eigenvalue weighted by atomic mass is 16.5. The molecule has 1 N–H and O–H groups in total. The fourth-order valence-corrected chi connectivity index (χ4v) is 1.74. The molecule has 1 unspecified atom stereocenters. The first kappa shape index (κ1) is 13.9. The molecule has 1 aliphatic rings. The van der Waals surface area contributed by atoms with E-state index < -0.39 is 0 Å². The lowest BCUT2D eigenvalue weighted by Crippen LogP contribution is -2.45. The summed E-state index contributed by atoms with van der Waals surface area (Å²) in [6, 6.07) is 0. The zero-order chi connectivity index (χ0) is 12.0. The Labute approximate surface area is 99.3 Å². The van der Waals surface area contributed by atoms with Gasteiger partial charge in [-0.15, -0.1) is 0 Å². The summed E-state index contributed by atoms with van der Waals surface area (Å²) in [6.45, 7) is 9.06. The van der Waals surface area contributed by atoms with Crippen LogP contribution in [0.2, 0.25) is 0 Å². The summed E-state index contributed by atoms with van der Waals surface area (Å²) in [5.74, 6) is 0. The van der Waals surface area contributed by atoms with Crippen molar-refractivity contribution in [2.24, 2.45) is 0 Å². The van der Waals surface area contributed by atoms with E-state index in [4.69, 9.17) is 9.47 Å². The van der Waals surface area contributed by atoms with Gasteiger partial charge in [0, 0.05) is 26.7 Å². The van der Waals surface area contributed by atoms with E-state index in [0.29, 0.717) is 6.10 Å². The molecule has 0 bridgehead atoms. The van der Waals surface area contributed by atoms with Crippen molar-refractivity contribution in [2.75, 3.05) is 46.9 Å². The van der Waals surface area contributed by atoms with Crippen LogP contribution in [0.5, 0.6) is 0 Å². The second-order valence-corrected chi connectivity index (χ2v) is 5.17. The SMILES string of the molecule is COC(C)(C)CCNCC1CN(C)CCO1. The Bertz CT molecular complexity index is 197. The largest absolute Gasteiger partial charge is 0.379 e. The number of nitrogens with zero attached hydrogens (tertiary/aromatic N) is 1. The van der Waals surface area contributed by atoms with E-state index in [2.05, 4.69) is 31.1 Å². The van der Waals surface area contributed by atoms with Gasteiger partial charge >= 0.3 is 0 Å². The molecule has 0 aromatic rings. The van der Waals surface area contributed by atoms with Crippen molar-refractivity contribution < 1.29 is 9.47 Å². The molecule has 4 nitrogen and oxygen atoms in total. The second-order valence-electron chi connectivity index (χ2n) is 5.17. The topological polar surface area (TPSA) is 33.7 Å². The molecule has 4 heteroatoms. The van der Waals surface area contributed by atoms with Gasteiger partial charge in [-0.25, -0.2) is 0 Å². The fourth-order valence-electron chi connectivity index (χ4n) is 1.74. The first-order valence-corrected chi connectivity index (χ1v) is 6.09. The highest BCUT2D eigenvalue weighted by Crippen LogP contribution is 2.11. The molecule has 1 heterocycles. The van der Waals surface area contributed by atoms with E-state index in [-0.39, 0.29) is 5.60 Å². The summed E-state index contributed by atoms with van der Waals surface area (Å²) >= 11 is 0. The molecule has 0 aliphatic carbocycles. The Morgan fingerprint density at radius 2 is 2.25 bits per heavy atom. The molecule has 0 aromatic carbocycles. The molecule has 1 rings (SSSR count). The van der Waals surface area contributed by atoms with Gasteiger partial charge in [0.25, 0.3) is 0 Å². The van der Waals surface area contributed by atoms with E-state index in [1.807, 2.05) is 0 Å². The maximum Gasteiger partial charge on any atom is 0.0826 e. The summed E-state index contributed by atoms with van der Waals surface area (Å²) in [5.41, 5.74) is -0.0305. The molecule has 0 spiro atoms. The van der Waals surface area contributed by atoms with Gasteiger partial charge in [-0.1, -0.05) is 0 Å². The minimum Gasteiger partial charge on any atom is -0.379 e. The zero-order valence-corrected chi connectivity index (χ0v) is 11.1. The molecule has 0 aromatic heterocycles. The maximum atomic E-state index is 5.67. The monoisotopic (exact) mass is 230 g/mol. The minimum absolute atomic E-state index is 0.0305. The Hall–Kier alpha value is -0.160. The third kappa shape index (κ3) is 5.25. The van der Waals surface area contributed by atoms with Crippen LogP contribution in [-0.2, 0) is 9.47 Å². The fraction of sp³-hybridized carbons (Fsp3) is 1.00. The first-order chi connectivity index (χ1) is 7.53. The summed E-state index contributed by atoms with van der Waals surface area (Å²) < 4.78 is 11.0. The predicted molar refractivity (Wildman–Crippen MR) is 65.8 cm³/mol. The van der Waals surface area contributed by atoms with Crippen LogP contribution in [-0.4, -0.2) is 63.5 Å². The first-order valence-electron chi connectivity index (χ1n) is 6.09. The smallest absolute Gasteiger partial charge is 0.0826 e. The summed E-state index contributed by atoms with van der Waals surface area (Å²) in [6.07, 6.45) is 1.36. The van der Waals surface area contributed by atoms with E-state index in [1.165, 1.54) is 0 Å². The lowest BCUT2D eigenvalue weighted by Gasteiger charge is -2.30. The van der Waals surface area contributed by atoms with Crippen molar-refractivity contribution >= 4 is 0 Å². The van der Waals surface area contributed by atoms with Crippen molar-refractivity contribution in [3.63, 3.8) is 0 Å². The Balaban J connectivity index is 2.06. The van der Waals surface area contributed by atoms with E-state index in [1.54, 1.807) is 7.11 Å². The van der Waals surface area contributed by atoms with Crippen molar-refractivity contribution in [2.45, 2.75) is 32.0 Å². The normalized spacial score (nSPS) is 23.6.